The van der Waals surface area contributed by atoms with Crippen molar-refractivity contribution in [2.45, 2.75) is 6.92 Å². The van der Waals surface area contributed by atoms with E-state index in [1.165, 1.54) is 6.26 Å². The summed E-state index contributed by atoms with van der Waals surface area (Å²) in [6.45, 7) is 5.08. The van der Waals surface area contributed by atoms with Crippen molar-refractivity contribution in [3.8, 4) is 0 Å². The third-order valence-electron chi connectivity index (χ3n) is 1.58. The first kappa shape index (κ1) is 14.2. The van der Waals surface area contributed by atoms with Crippen molar-refractivity contribution in [1.29, 1.82) is 0 Å². The first-order valence-electron chi connectivity index (χ1n) is 4.28. The van der Waals surface area contributed by atoms with E-state index in [-0.39, 0.29) is 31.0 Å². The zero-order valence-corrected chi connectivity index (χ0v) is 11.1. The monoisotopic (exact) mass is 212 g/mol. The fourth-order valence-corrected chi connectivity index (χ4v) is 0.839. The maximum Gasteiger partial charge on any atom is 1.00 e. The molecule has 3 heteroatoms. The van der Waals surface area contributed by atoms with Crippen molar-refractivity contribution in [2.24, 2.45) is 0 Å². The third kappa shape index (κ3) is 5.57. The summed E-state index contributed by atoms with van der Waals surface area (Å²) >= 11 is 0. The summed E-state index contributed by atoms with van der Waals surface area (Å²) in [7, 11) is 0. The molecule has 0 amide bonds. The van der Waals surface area contributed by atoms with Crippen LogP contribution in [-0.2, 0) is 9.53 Å². The fraction of sp³-hybridized carbons (Fsp3) is 0.0833. The molecule has 0 unspecified atom stereocenters. The van der Waals surface area contributed by atoms with Crippen LogP contribution >= 0.6 is 0 Å². The molecule has 0 saturated carbocycles. The molecular weight excluding hydrogens is 199 g/mol. The molecule has 0 heterocycles. The van der Waals surface area contributed by atoms with Crippen LogP contribution in [0.25, 0.3) is 6.08 Å². The zero-order chi connectivity index (χ0) is 10.4. The molecule has 0 fully saturated rings. The largest absolute Gasteiger partial charge is 1.00 e. The average Bonchev–Trinajstić information content (AvgIpc) is 2.19. The van der Waals surface area contributed by atoms with E-state index in [2.05, 4.69) is 6.58 Å². The predicted molar refractivity (Wildman–Crippen MR) is 57.5 cm³/mol. The van der Waals surface area contributed by atoms with Crippen molar-refractivity contribution in [2.75, 3.05) is 0 Å². The standard InChI is InChI=1S/C12H12O2.Na.H/c1-10(2)12(13)14-9-8-11-6-4-3-5-7-11;;/h3-9H,1H2,2H3;;/q;+1;-1. The van der Waals surface area contributed by atoms with Crippen LogP contribution in [0.2, 0.25) is 0 Å². The first-order chi connectivity index (χ1) is 6.70. The second-order valence-electron chi connectivity index (χ2n) is 2.90. The smallest absolute Gasteiger partial charge is 1.00 e. The summed E-state index contributed by atoms with van der Waals surface area (Å²) in [5.74, 6) is -0.405. The summed E-state index contributed by atoms with van der Waals surface area (Å²) in [4.78, 5) is 11.0. The molecule has 1 aromatic carbocycles. The van der Waals surface area contributed by atoms with E-state index in [4.69, 9.17) is 4.74 Å². The molecule has 1 rings (SSSR count). The normalized spacial score (nSPS) is 9.40. The Balaban J connectivity index is 0. The minimum atomic E-state index is -0.405. The molecule has 1 aromatic rings. The summed E-state index contributed by atoms with van der Waals surface area (Å²) in [6.07, 6.45) is 3.09. The van der Waals surface area contributed by atoms with Gasteiger partial charge in [0.25, 0.3) is 0 Å². The summed E-state index contributed by atoms with van der Waals surface area (Å²) in [5, 5.41) is 0. The molecule has 74 valence electrons. The second-order valence-corrected chi connectivity index (χ2v) is 2.90. The van der Waals surface area contributed by atoms with Gasteiger partial charge in [0.2, 0.25) is 0 Å². The Bertz CT molecular complexity index is 361. The summed E-state index contributed by atoms with van der Waals surface area (Å²) in [5.41, 5.74) is 1.38. The van der Waals surface area contributed by atoms with Crippen molar-refractivity contribution >= 4 is 12.0 Å². The SMILES string of the molecule is C=C(C)C(=O)OC=Cc1ccccc1.[H-].[Na+]. The number of esters is 1. The topological polar surface area (TPSA) is 26.3 Å². The van der Waals surface area contributed by atoms with Gasteiger partial charge < -0.3 is 6.16 Å². The van der Waals surface area contributed by atoms with Crippen LogP contribution in [0.1, 0.15) is 13.9 Å². The van der Waals surface area contributed by atoms with Crippen LogP contribution in [0, 0.1) is 0 Å². The van der Waals surface area contributed by atoms with Crippen LogP contribution in [0.3, 0.4) is 0 Å². The molecule has 0 atom stereocenters. The molecule has 0 saturated heterocycles. The van der Waals surface area contributed by atoms with E-state index in [9.17, 15) is 4.79 Å². The first-order valence-corrected chi connectivity index (χ1v) is 4.28. The molecule has 0 aliphatic heterocycles. The van der Waals surface area contributed by atoms with Crippen molar-refractivity contribution in [1.82, 2.24) is 0 Å². The van der Waals surface area contributed by atoms with E-state index in [0.717, 1.165) is 5.56 Å². The van der Waals surface area contributed by atoms with Gasteiger partial charge in [0.1, 0.15) is 0 Å². The second kappa shape index (κ2) is 7.46. The van der Waals surface area contributed by atoms with Gasteiger partial charge in [-0.3, -0.25) is 0 Å². The molecule has 0 spiro atoms. The Morgan fingerprint density at radius 1 is 1.40 bits per heavy atom. The Morgan fingerprint density at radius 3 is 2.53 bits per heavy atom. The fourth-order valence-electron chi connectivity index (χ4n) is 0.839. The van der Waals surface area contributed by atoms with E-state index in [1.807, 2.05) is 30.3 Å². The Labute approximate surface area is 113 Å². The van der Waals surface area contributed by atoms with Gasteiger partial charge in [-0.25, -0.2) is 4.79 Å². The van der Waals surface area contributed by atoms with Crippen LogP contribution in [0.15, 0.2) is 48.7 Å². The predicted octanol–water partition coefficient (Wildman–Crippen LogP) is -0.107. The molecule has 2 nitrogen and oxygen atoms in total. The van der Waals surface area contributed by atoms with Gasteiger partial charge in [-0.1, -0.05) is 36.9 Å². The minimum Gasteiger partial charge on any atom is -1.00 e. The van der Waals surface area contributed by atoms with Gasteiger partial charge in [-0.05, 0) is 18.6 Å². The van der Waals surface area contributed by atoms with E-state index in [1.54, 1.807) is 13.0 Å². The Hall–Kier alpha value is -0.830. The van der Waals surface area contributed by atoms with Crippen molar-refractivity contribution in [3.05, 3.63) is 54.3 Å². The summed E-state index contributed by atoms with van der Waals surface area (Å²) < 4.78 is 4.79. The number of carbonyl (C=O) groups excluding carboxylic acids is 1. The number of carbonyl (C=O) groups is 1. The number of benzene rings is 1. The average molecular weight is 212 g/mol. The molecule has 0 bridgehead atoms. The van der Waals surface area contributed by atoms with E-state index < -0.39 is 5.97 Å². The van der Waals surface area contributed by atoms with Crippen LogP contribution in [0.4, 0.5) is 0 Å². The van der Waals surface area contributed by atoms with Crippen molar-refractivity contribution in [3.63, 3.8) is 0 Å². The number of hydrogen-bond acceptors (Lipinski definition) is 2. The molecule has 0 aliphatic carbocycles. The minimum absolute atomic E-state index is 0. The number of hydrogen-bond donors (Lipinski definition) is 0. The van der Waals surface area contributed by atoms with Crippen LogP contribution in [0.5, 0.6) is 0 Å². The van der Waals surface area contributed by atoms with Crippen molar-refractivity contribution < 1.29 is 40.5 Å². The molecule has 0 aliphatic rings. The molecule has 0 radical (unpaired) electrons. The van der Waals surface area contributed by atoms with Gasteiger partial charge in [-0.15, -0.1) is 0 Å². The molecule has 15 heavy (non-hydrogen) atoms. The van der Waals surface area contributed by atoms with Gasteiger partial charge in [0, 0.05) is 5.57 Å². The van der Waals surface area contributed by atoms with Crippen LogP contribution in [-0.4, -0.2) is 5.97 Å². The van der Waals surface area contributed by atoms with Gasteiger partial charge >= 0.3 is 35.5 Å². The summed E-state index contributed by atoms with van der Waals surface area (Å²) in [6, 6.07) is 9.61. The van der Waals surface area contributed by atoms with Gasteiger partial charge in [-0.2, -0.15) is 0 Å². The number of ether oxygens (including phenoxy) is 1. The molecular formula is C12H13NaO2. The maximum absolute atomic E-state index is 11.0. The number of rotatable bonds is 3. The van der Waals surface area contributed by atoms with Gasteiger partial charge in [0.05, 0.1) is 6.26 Å². The van der Waals surface area contributed by atoms with E-state index >= 15 is 0 Å². The zero-order valence-electron chi connectivity index (χ0n) is 10.1. The maximum atomic E-state index is 11.0. The quantitative estimate of drug-likeness (QED) is 0.302. The molecule has 0 aromatic heterocycles. The molecule has 0 N–H and O–H groups in total. The Kier molecular flexibility index (Phi) is 7.05. The third-order valence-corrected chi connectivity index (χ3v) is 1.58. The van der Waals surface area contributed by atoms with Gasteiger partial charge in [0.15, 0.2) is 0 Å². The Morgan fingerprint density at radius 2 is 2.00 bits per heavy atom. The van der Waals surface area contributed by atoms with E-state index in [0.29, 0.717) is 5.57 Å². The van der Waals surface area contributed by atoms with Crippen LogP contribution < -0.4 is 29.6 Å².